The van der Waals surface area contributed by atoms with Crippen LogP contribution in [0.3, 0.4) is 0 Å². The molecule has 0 aromatic rings. The van der Waals surface area contributed by atoms with Crippen molar-refractivity contribution >= 4 is 39.1 Å². The summed E-state index contributed by atoms with van der Waals surface area (Å²) in [6.07, 6.45) is 0. The Bertz CT molecular complexity index is 362. The van der Waals surface area contributed by atoms with Gasteiger partial charge in [0.15, 0.2) is 8.24 Å². The molecule has 0 bridgehead atoms. The maximum Gasteiger partial charge on any atom is 0.318 e. The summed E-state index contributed by atoms with van der Waals surface area (Å²) in [6.45, 7) is 26.5. The van der Waals surface area contributed by atoms with E-state index in [1.165, 1.54) is 0 Å². The highest BCUT2D eigenvalue weighted by Gasteiger charge is 2.44. The van der Waals surface area contributed by atoms with Crippen molar-refractivity contribution in [3.05, 3.63) is 0 Å². The van der Waals surface area contributed by atoms with Gasteiger partial charge in [-0.2, -0.15) is 0 Å². The molecule has 0 heterocycles. The Kier molecular flexibility index (Phi) is 6.33. The van der Waals surface area contributed by atoms with Crippen LogP contribution in [0.1, 0.15) is 0 Å². The van der Waals surface area contributed by atoms with Gasteiger partial charge in [-0.3, -0.25) is 0 Å². The van der Waals surface area contributed by atoms with Crippen molar-refractivity contribution in [2.45, 2.75) is 78.6 Å². The van der Waals surface area contributed by atoms with Crippen LogP contribution >= 0.6 is 0 Å². The van der Waals surface area contributed by atoms with Crippen LogP contribution in [-0.4, -0.2) is 48.0 Å². The summed E-state index contributed by atoms with van der Waals surface area (Å²) >= 11 is 0. The van der Waals surface area contributed by atoms with Crippen molar-refractivity contribution in [2.24, 2.45) is 0 Å². The number of nitrogens with zero attached hydrogens (tertiary/aromatic N) is 2. The fraction of sp³-hybridized carbons (Fsp3) is 0.923. The minimum atomic E-state index is -1.88. The zero-order valence-corrected chi connectivity index (χ0v) is 20.2. The predicted octanol–water partition coefficient (Wildman–Crippen LogP) is 4.98. The molecule has 0 saturated carbocycles. The molecule has 0 aliphatic rings. The van der Waals surface area contributed by atoms with E-state index in [4.69, 9.17) is 4.53 Å². The first kappa shape index (κ1) is 21.1. The van der Waals surface area contributed by atoms with E-state index >= 15 is 0 Å². The molecule has 0 spiro atoms. The van der Waals surface area contributed by atoms with Crippen LogP contribution in [0, 0.1) is 0 Å². The number of urea groups is 1. The van der Waals surface area contributed by atoms with Gasteiger partial charge >= 0.3 is 6.03 Å². The standard InChI is InChI=1S/C13H36N2O2Si4/c1-18(2,3)14(17-21(10,11)12)13(16)15(19(4,5)6)20(7,8)9/h1-12H3. The Morgan fingerprint density at radius 3 is 1.19 bits per heavy atom. The van der Waals surface area contributed by atoms with Gasteiger partial charge in [-0.25, -0.2) is 9.52 Å². The summed E-state index contributed by atoms with van der Waals surface area (Å²) in [5.74, 6) is 0. The smallest absolute Gasteiger partial charge is 0.318 e. The Morgan fingerprint density at radius 1 is 0.667 bits per heavy atom. The third-order valence-electron chi connectivity index (χ3n) is 2.68. The highest BCUT2D eigenvalue weighted by Crippen LogP contribution is 2.26. The Balaban J connectivity index is 5.75. The maximum absolute atomic E-state index is 13.3. The summed E-state index contributed by atoms with van der Waals surface area (Å²) in [7, 11) is -7.17. The zero-order valence-electron chi connectivity index (χ0n) is 16.2. The molecule has 4 nitrogen and oxygen atoms in total. The van der Waals surface area contributed by atoms with E-state index < -0.39 is 33.0 Å². The van der Waals surface area contributed by atoms with E-state index in [-0.39, 0.29) is 6.03 Å². The zero-order chi connectivity index (χ0) is 17.4. The van der Waals surface area contributed by atoms with E-state index in [0.717, 1.165) is 0 Å². The molecule has 0 saturated heterocycles. The monoisotopic (exact) mass is 364 g/mol. The third kappa shape index (κ3) is 6.81. The minimum absolute atomic E-state index is 0.120. The van der Waals surface area contributed by atoms with Crippen LogP contribution in [0.5, 0.6) is 0 Å². The quantitative estimate of drug-likeness (QED) is 0.509. The van der Waals surface area contributed by atoms with Crippen LogP contribution in [0.2, 0.25) is 78.6 Å². The van der Waals surface area contributed by atoms with Crippen molar-refractivity contribution in [1.82, 2.24) is 8.96 Å². The third-order valence-corrected chi connectivity index (χ3v) is 12.2. The molecule has 0 aromatic heterocycles. The average molecular weight is 365 g/mol. The Morgan fingerprint density at radius 2 is 1.00 bits per heavy atom. The SMILES string of the molecule is C[Si](C)(C)ON(C(=O)N([Si](C)(C)C)[Si](C)(C)C)[Si](C)(C)C. The normalized spacial score (nSPS) is 14.1. The van der Waals surface area contributed by atoms with Gasteiger partial charge in [-0.05, 0) is 39.3 Å². The highest BCUT2D eigenvalue weighted by atomic mass is 28.4. The van der Waals surface area contributed by atoms with Crippen LogP contribution < -0.4 is 0 Å². The molecule has 0 aromatic carbocycles. The fourth-order valence-electron chi connectivity index (χ4n) is 2.41. The van der Waals surface area contributed by atoms with E-state index in [2.05, 4.69) is 82.8 Å². The summed E-state index contributed by atoms with van der Waals surface area (Å²) in [4.78, 5) is 13.3. The largest absolute Gasteiger partial charge is 0.377 e. The molecule has 126 valence electrons. The van der Waals surface area contributed by atoms with E-state index in [1.807, 2.05) is 0 Å². The molecule has 21 heavy (non-hydrogen) atoms. The van der Waals surface area contributed by atoms with Crippen molar-refractivity contribution in [3.8, 4) is 0 Å². The van der Waals surface area contributed by atoms with Gasteiger partial charge in [0.2, 0.25) is 8.32 Å². The number of hydrogen-bond donors (Lipinski definition) is 0. The number of rotatable bonds is 5. The summed E-state index contributed by atoms with van der Waals surface area (Å²) in [5.41, 5.74) is 0. The van der Waals surface area contributed by atoms with Crippen molar-refractivity contribution in [2.75, 3.05) is 0 Å². The van der Waals surface area contributed by atoms with Crippen molar-refractivity contribution in [3.63, 3.8) is 0 Å². The van der Waals surface area contributed by atoms with Gasteiger partial charge in [-0.1, -0.05) is 39.3 Å². The number of hydroxylamine groups is 1. The molecule has 0 fully saturated rings. The van der Waals surface area contributed by atoms with Gasteiger partial charge in [0.05, 0.1) is 0 Å². The summed E-state index contributed by atoms with van der Waals surface area (Å²) < 4.78 is 10.2. The molecule has 0 aliphatic heterocycles. The second-order valence-electron chi connectivity index (χ2n) is 9.63. The van der Waals surface area contributed by atoms with E-state index in [1.54, 1.807) is 4.73 Å². The van der Waals surface area contributed by atoms with E-state index in [9.17, 15) is 4.79 Å². The lowest BCUT2D eigenvalue weighted by Gasteiger charge is -2.49. The van der Waals surface area contributed by atoms with Gasteiger partial charge < -0.3 is 8.76 Å². The lowest BCUT2D eigenvalue weighted by atomic mass is 11.2. The molecule has 0 N–H and O–H groups in total. The van der Waals surface area contributed by atoms with Gasteiger partial charge in [0, 0.05) is 0 Å². The van der Waals surface area contributed by atoms with Crippen LogP contribution in [0.25, 0.3) is 0 Å². The second kappa shape index (κ2) is 6.30. The summed E-state index contributed by atoms with van der Waals surface area (Å²) in [6, 6.07) is 0.120. The number of carbonyl (C=O) groups is 1. The van der Waals surface area contributed by atoms with Crippen molar-refractivity contribution in [1.29, 1.82) is 0 Å². The first-order valence-corrected chi connectivity index (χ1v) is 21.5. The van der Waals surface area contributed by atoms with Crippen LogP contribution in [0.4, 0.5) is 4.79 Å². The molecule has 0 aliphatic carbocycles. The lowest BCUT2D eigenvalue weighted by Crippen LogP contribution is -2.68. The number of carbonyl (C=O) groups excluding carboxylic acids is 1. The summed E-state index contributed by atoms with van der Waals surface area (Å²) in [5, 5.41) is 0. The van der Waals surface area contributed by atoms with Gasteiger partial charge in [0.25, 0.3) is 0 Å². The predicted molar refractivity (Wildman–Crippen MR) is 104 cm³/mol. The lowest BCUT2D eigenvalue weighted by molar-refractivity contribution is 0.0448. The Labute approximate surface area is 136 Å². The minimum Gasteiger partial charge on any atom is -0.377 e. The highest BCUT2D eigenvalue weighted by molar-refractivity contribution is 6.93. The molecule has 8 heteroatoms. The van der Waals surface area contributed by atoms with Crippen molar-refractivity contribution < 1.29 is 9.32 Å². The molecule has 0 rings (SSSR count). The first-order chi connectivity index (χ1) is 8.87. The average Bonchev–Trinajstić information content (AvgIpc) is 2.05. The van der Waals surface area contributed by atoms with E-state index in [0.29, 0.717) is 0 Å². The van der Waals surface area contributed by atoms with Crippen LogP contribution in [-0.2, 0) is 4.53 Å². The number of hydrogen-bond acceptors (Lipinski definition) is 2. The molecule has 0 unspecified atom stereocenters. The Hall–Kier alpha value is 0.0975. The topological polar surface area (TPSA) is 32.8 Å². The molecule has 0 atom stereocenters. The molecular weight excluding hydrogens is 328 g/mol. The van der Waals surface area contributed by atoms with Gasteiger partial charge in [-0.15, -0.1) is 0 Å². The maximum atomic E-state index is 13.3. The second-order valence-corrected chi connectivity index (χ2v) is 28.8. The molecule has 0 radical (unpaired) electrons. The van der Waals surface area contributed by atoms with Gasteiger partial charge in [0.1, 0.15) is 16.5 Å². The first-order valence-electron chi connectivity index (χ1n) is 7.71. The fourth-order valence-corrected chi connectivity index (χ4v) is 15.2. The number of amides is 2. The van der Waals surface area contributed by atoms with Crippen LogP contribution in [0.15, 0.2) is 0 Å². The molecular formula is C13H36N2O2Si4. The molecule has 2 amide bonds.